The molecule has 2 rings (SSSR count). The minimum absolute atomic E-state index is 0.00253. The third-order valence-electron chi connectivity index (χ3n) is 3.92. The van der Waals surface area contributed by atoms with E-state index >= 15 is 0 Å². The predicted octanol–water partition coefficient (Wildman–Crippen LogP) is 3.44. The Morgan fingerprint density at radius 2 is 1.82 bits per heavy atom. The Kier molecular flexibility index (Phi) is 6.56. The number of benzene rings is 1. The number of hydrogen-bond donors (Lipinski definition) is 2. The van der Waals surface area contributed by atoms with Crippen LogP contribution < -0.4 is 5.32 Å². The van der Waals surface area contributed by atoms with Gasteiger partial charge in [0.2, 0.25) is 0 Å². The van der Waals surface area contributed by atoms with Crippen molar-refractivity contribution in [2.24, 2.45) is 0 Å². The first-order chi connectivity index (χ1) is 13.1. The van der Waals surface area contributed by atoms with Crippen molar-refractivity contribution in [2.45, 2.75) is 40.7 Å². The molecule has 7 nitrogen and oxygen atoms in total. The standard InChI is InChI=1S/C20H23FN2O5/c1-10(2)28-19(25)17-12(4)18(22-13(17)5)20(26)27-9-16(24)23-15-7-6-11(3)8-14(15)21/h6-8,10,22H,9H2,1-5H3,(H,23,24). The first-order valence-corrected chi connectivity index (χ1v) is 8.73. The van der Waals surface area contributed by atoms with Crippen molar-refractivity contribution >= 4 is 23.5 Å². The molecular weight excluding hydrogens is 367 g/mol. The minimum atomic E-state index is -0.802. The summed E-state index contributed by atoms with van der Waals surface area (Å²) in [7, 11) is 0. The molecule has 1 aromatic carbocycles. The molecule has 0 unspecified atom stereocenters. The van der Waals surface area contributed by atoms with Crippen molar-refractivity contribution in [3.63, 3.8) is 0 Å². The van der Waals surface area contributed by atoms with Crippen molar-refractivity contribution in [2.75, 3.05) is 11.9 Å². The molecular formula is C20H23FN2O5. The van der Waals surface area contributed by atoms with Crippen molar-refractivity contribution in [1.82, 2.24) is 4.98 Å². The molecule has 1 heterocycles. The van der Waals surface area contributed by atoms with Gasteiger partial charge in [-0.2, -0.15) is 0 Å². The van der Waals surface area contributed by atoms with Gasteiger partial charge < -0.3 is 19.8 Å². The van der Waals surface area contributed by atoms with Gasteiger partial charge in [0, 0.05) is 5.69 Å². The molecule has 8 heteroatoms. The summed E-state index contributed by atoms with van der Waals surface area (Å²) in [6.45, 7) is 7.78. The van der Waals surface area contributed by atoms with Crippen LogP contribution in [0, 0.1) is 26.6 Å². The number of ether oxygens (including phenoxy) is 2. The lowest BCUT2D eigenvalue weighted by atomic mass is 10.1. The summed E-state index contributed by atoms with van der Waals surface area (Å²) < 4.78 is 23.9. The summed E-state index contributed by atoms with van der Waals surface area (Å²) in [5.74, 6) is -2.61. The van der Waals surface area contributed by atoms with Crippen molar-refractivity contribution in [3.05, 3.63) is 52.1 Å². The van der Waals surface area contributed by atoms with E-state index in [9.17, 15) is 18.8 Å². The van der Waals surface area contributed by atoms with Crippen LogP contribution in [0.3, 0.4) is 0 Å². The molecule has 0 aliphatic heterocycles. The van der Waals surface area contributed by atoms with Crippen LogP contribution in [-0.4, -0.2) is 35.5 Å². The molecule has 2 N–H and O–H groups in total. The number of halogens is 1. The fourth-order valence-corrected chi connectivity index (χ4v) is 2.64. The third kappa shape index (κ3) is 4.97. The van der Waals surface area contributed by atoms with Crippen LogP contribution in [-0.2, 0) is 14.3 Å². The molecule has 0 bridgehead atoms. The largest absolute Gasteiger partial charge is 0.459 e. The number of aromatic amines is 1. The van der Waals surface area contributed by atoms with Crippen LogP contribution >= 0.6 is 0 Å². The predicted molar refractivity (Wildman–Crippen MR) is 101 cm³/mol. The van der Waals surface area contributed by atoms with Crippen LogP contribution in [0.15, 0.2) is 18.2 Å². The number of hydrogen-bond acceptors (Lipinski definition) is 5. The molecule has 28 heavy (non-hydrogen) atoms. The lowest BCUT2D eigenvalue weighted by molar-refractivity contribution is -0.119. The Hall–Kier alpha value is -3.16. The maximum absolute atomic E-state index is 13.8. The molecule has 0 atom stereocenters. The fraction of sp³-hybridized carbons (Fsp3) is 0.350. The highest BCUT2D eigenvalue weighted by Gasteiger charge is 2.25. The maximum atomic E-state index is 13.8. The molecule has 0 saturated heterocycles. The topological polar surface area (TPSA) is 97.5 Å². The minimum Gasteiger partial charge on any atom is -0.459 e. The van der Waals surface area contributed by atoms with Crippen molar-refractivity contribution in [1.29, 1.82) is 0 Å². The summed E-state index contributed by atoms with van der Waals surface area (Å²) in [5, 5.41) is 2.34. The molecule has 1 aromatic heterocycles. The van der Waals surface area contributed by atoms with Gasteiger partial charge in [0.1, 0.15) is 11.5 Å². The monoisotopic (exact) mass is 390 g/mol. The third-order valence-corrected chi connectivity index (χ3v) is 3.92. The van der Waals surface area contributed by atoms with E-state index in [4.69, 9.17) is 9.47 Å². The highest BCUT2D eigenvalue weighted by molar-refractivity contribution is 5.99. The summed E-state index contributed by atoms with van der Waals surface area (Å²) >= 11 is 0. The van der Waals surface area contributed by atoms with Gasteiger partial charge in [0.05, 0.1) is 17.4 Å². The van der Waals surface area contributed by atoms with Gasteiger partial charge in [-0.1, -0.05) is 6.07 Å². The molecule has 0 radical (unpaired) electrons. The second kappa shape index (κ2) is 8.69. The Morgan fingerprint density at radius 1 is 1.14 bits per heavy atom. The Balaban J connectivity index is 2.03. The smallest absolute Gasteiger partial charge is 0.355 e. The van der Waals surface area contributed by atoms with E-state index in [2.05, 4.69) is 10.3 Å². The number of carbonyl (C=O) groups excluding carboxylic acids is 3. The number of aromatic nitrogens is 1. The molecule has 0 spiro atoms. The zero-order valence-electron chi connectivity index (χ0n) is 16.4. The lowest BCUT2D eigenvalue weighted by Crippen LogP contribution is -2.22. The van der Waals surface area contributed by atoms with E-state index in [0.717, 1.165) is 0 Å². The molecule has 150 valence electrons. The second-order valence-electron chi connectivity index (χ2n) is 6.69. The number of rotatable bonds is 6. The maximum Gasteiger partial charge on any atom is 0.355 e. The quantitative estimate of drug-likeness (QED) is 0.737. The van der Waals surface area contributed by atoms with E-state index in [-0.39, 0.29) is 23.0 Å². The van der Waals surface area contributed by atoms with Gasteiger partial charge >= 0.3 is 11.9 Å². The van der Waals surface area contributed by atoms with Gasteiger partial charge in [-0.15, -0.1) is 0 Å². The van der Waals surface area contributed by atoms with E-state index in [1.807, 2.05) is 0 Å². The number of aryl methyl sites for hydroxylation is 2. The summed E-state index contributed by atoms with van der Waals surface area (Å²) in [5.41, 5.74) is 1.86. The van der Waals surface area contributed by atoms with E-state index < -0.39 is 30.3 Å². The Labute approximate surface area is 162 Å². The lowest BCUT2D eigenvalue weighted by Gasteiger charge is -2.09. The SMILES string of the molecule is Cc1ccc(NC(=O)COC(=O)c2[nH]c(C)c(C(=O)OC(C)C)c2C)c(F)c1. The second-order valence-corrected chi connectivity index (χ2v) is 6.69. The fourth-order valence-electron chi connectivity index (χ4n) is 2.64. The molecule has 1 amide bonds. The normalized spacial score (nSPS) is 10.7. The molecule has 0 aliphatic carbocycles. The van der Waals surface area contributed by atoms with E-state index in [1.54, 1.807) is 40.7 Å². The van der Waals surface area contributed by atoms with Gasteiger partial charge in [0.25, 0.3) is 5.91 Å². The van der Waals surface area contributed by atoms with Crippen LogP contribution in [0.2, 0.25) is 0 Å². The molecule has 0 saturated carbocycles. The summed E-state index contributed by atoms with van der Waals surface area (Å²) in [4.78, 5) is 39.2. The van der Waals surface area contributed by atoms with Gasteiger partial charge in [-0.05, 0) is 57.9 Å². The van der Waals surface area contributed by atoms with E-state index in [1.165, 1.54) is 12.1 Å². The number of carbonyl (C=O) groups is 3. The van der Waals surface area contributed by atoms with E-state index in [0.29, 0.717) is 16.8 Å². The Morgan fingerprint density at radius 3 is 2.43 bits per heavy atom. The Bertz CT molecular complexity index is 918. The highest BCUT2D eigenvalue weighted by atomic mass is 19.1. The number of amides is 1. The number of nitrogens with one attached hydrogen (secondary N) is 2. The zero-order chi connectivity index (χ0) is 21.0. The molecule has 2 aromatic rings. The van der Waals surface area contributed by atoms with Crippen LogP contribution in [0.1, 0.15) is 51.5 Å². The number of H-pyrrole nitrogens is 1. The number of esters is 2. The summed E-state index contributed by atoms with van der Waals surface area (Å²) in [6.07, 6.45) is -0.303. The van der Waals surface area contributed by atoms with Crippen LogP contribution in [0.4, 0.5) is 10.1 Å². The van der Waals surface area contributed by atoms with Gasteiger partial charge in [-0.25, -0.2) is 14.0 Å². The van der Waals surface area contributed by atoms with Crippen molar-refractivity contribution < 1.29 is 28.2 Å². The van der Waals surface area contributed by atoms with Gasteiger partial charge in [0.15, 0.2) is 6.61 Å². The molecule has 0 aliphatic rings. The zero-order valence-corrected chi connectivity index (χ0v) is 16.4. The average molecular weight is 390 g/mol. The molecule has 0 fully saturated rings. The first kappa shape index (κ1) is 21.1. The first-order valence-electron chi connectivity index (χ1n) is 8.73. The number of anilines is 1. The van der Waals surface area contributed by atoms with Crippen molar-refractivity contribution in [3.8, 4) is 0 Å². The highest BCUT2D eigenvalue weighted by Crippen LogP contribution is 2.20. The summed E-state index contributed by atoms with van der Waals surface area (Å²) in [6, 6.07) is 4.35. The van der Waals surface area contributed by atoms with Crippen LogP contribution in [0.25, 0.3) is 0 Å². The van der Waals surface area contributed by atoms with Crippen LogP contribution in [0.5, 0.6) is 0 Å². The van der Waals surface area contributed by atoms with Gasteiger partial charge in [-0.3, -0.25) is 4.79 Å². The average Bonchev–Trinajstić information content (AvgIpc) is 2.89.